The standard InChI is InChI=1S/C18H17N3.C4H11N/c1-2-6-15-13-16(8-7-14(15)5-1)17-9-10-19-18(20-17)21-11-3-4-12-21;1-3-5-4-2/h1-2,5-10,13H,3-4,11-12H2;5H,3-4H2,1-2H3. The number of nitrogens with zero attached hydrogens (tertiary/aromatic N) is 3. The normalized spacial score (nSPS) is 13.5. The second-order valence-corrected chi connectivity index (χ2v) is 6.46. The number of nitrogens with one attached hydrogen (secondary N) is 1. The summed E-state index contributed by atoms with van der Waals surface area (Å²) in [5.74, 6) is 0.859. The summed E-state index contributed by atoms with van der Waals surface area (Å²) in [5.41, 5.74) is 2.15. The number of hydrogen-bond acceptors (Lipinski definition) is 4. The van der Waals surface area contributed by atoms with Gasteiger partial charge in [-0.2, -0.15) is 0 Å². The van der Waals surface area contributed by atoms with Gasteiger partial charge in [-0.05, 0) is 48.8 Å². The molecule has 4 rings (SSSR count). The van der Waals surface area contributed by atoms with E-state index in [-0.39, 0.29) is 0 Å². The fraction of sp³-hybridized carbons (Fsp3) is 0.364. The summed E-state index contributed by atoms with van der Waals surface area (Å²) < 4.78 is 0. The molecule has 1 aliphatic rings. The average Bonchev–Trinajstić information content (AvgIpc) is 3.24. The van der Waals surface area contributed by atoms with Crippen LogP contribution in [0, 0.1) is 0 Å². The molecular formula is C22H28N4. The molecular weight excluding hydrogens is 320 g/mol. The Kier molecular flexibility index (Phi) is 6.56. The molecule has 0 unspecified atom stereocenters. The van der Waals surface area contributed by atoms with Gasteiger partial charge in [-0.15, -0.1) is 0 Å². The lowest BCUT2D eigenvalue weighted by Gasteiger charge is -2.15. The first-order chi connectivity index (χ1) is 12.8. The van der Waals surface area contributed by atoms with E-state index in [9.17, 15) is 0 Å². The Balaban J connectivity index is 0.000000349. The third-order valence-electron chi connectivity index (χ3n) is 4.58. The molecule has 1 fully saturated rings. The maximum atomic E-state index is 4.75. The van der Waals surface area contributed by atoms with Crippen molar-refractivity contribution in [1.29, 1.82) is 0 Å². The van der Waals surface area contributed by atoms with E-state index in [1.807, 2.05) is 12.3 Å². The predicted octanol–water partition coefficient (Wildman–Crippen LogP) is 4.51. The van der Waals surface area contributed by atoms with Crippen molar-refractivity contribution in [2.45, 2.75) is 26.7 Å². The number of aromatic nitrogens is 2. The highest BCUT2D eigenvalue weighted by Gasteiger charge is 2.15. The Morgan fingerprint density at radius 1 is 0.923 bits per heavy atom. The summed E-state index contributed by atoms with van der Waals surface area (Å²) in [6.07, 6.45) is 4.35. The zero-order valence-corrected chi connectivity index (χ0v) is 15.8. The largest absolute Gasteiger partial charge is 0.341 e. The van der Waals surface area contributed by atoms with Gasteiger partial charge in [0.15, 0.2) is 0 Å². The van der Waals surface area contributed by atoms with Crippen molar-refractivity contribution in [3.05, 3.63) is 54.7 Å². The fourth-order valence-electron chi connectivity index (χ4n) is 3.18. The van der Waals surface area contributed by atoms with Crippen LogP contribution in [-0.4, -0.2) is 36.1 Å². The first-order valence-corrected chi connectivity index (χ1v) is 9.59. The van der Waals surface area contributed by atoms with E-state index in [0.29, 0.717) is 0 Å². The molecule has 136 valence electrons. The van der Waals surface area contributed by atoms with Crippen LogP contribution in [0.4, 0.5) is 5.95 Å². The molecule has 1 N–H and O–H groups in total. The molecule has 0 radical (unpaired) electrons. The smallest absolute Gasteiger partial charge is 0.225 e. The highest BCUT2D eigenvalue weighted by atomic mass is 15.3. The second-order valence-electron chi connectivity index (χ2n) is 6.46. The molecule has 26 heavy (non-hydrogen) atoms. The topological polar surface area (TPSA) is 41.1 Å². The molecule has 4 nitrogen and oxygen atoms in total. The summed E-state index contributed by atoms with van der Waals surface area (Å²) in [4.78, 5) is 11.4. The third-order valence-corrected chi connectivity index (χ3v) is 4.58. The van der Waals surface area contributed by atoms with Gasteiger partial charge < -0.3 is 10.2 Å². The Morgan fingerprint density at radius 2 is 1.65 bits per heavy atom. The van der Waals surface area contributed by atoms with Crippen LogP contribution in [0.25, 0.3) is 22.0 Å². The number of fused-ring (bicyclic) bond motifs is 1. The molecule has 0 amide bonds. The minimum atomic E-state index is 0.859. The number of rotatable bonds is 4. The molecule has 2 heterocycles. The lowest BCUT2D eigenvalue weighted by Crippen LogP contribution is -2.20. The fourth-order valence-corrected chi connectivity index (χ4v) is 3.18. The van der Waals surface area contributed by atoms with Gasteiger partial charge in [0.2, 0.25) is 5.95 Å². The van der Waals surface area contributed by atoms with Gasteiger partial charge in [-0.25, -0.2) is 9.97 Å². The minimum Gasteiger partial charge on any atom is -0.341 e. The molecule has 4 heteroatoms. The van der Waals surface area contributed by atoms with Crippen LogP contribution in [0.15, 0.2) is 54.7 Å². The molecule has 1 aromatic heterocycles. The van der Waals surface area contributed by atoms with E-state index >= 15 is 0 Å². The summed E-state index contributed by atoms with van der Waals surface area (Å²) in [6.45, 7) is 8.53. The van der Waals surface area contributed by atoms with Crippen LogP contribution in [0.1, 0.15) is 26.7 Å². The number of benzene rings is 2. The summed E-state index contributed by atoms with van der Waals surface area (Å²) >= 11 is 0. The maximum Gasteiger partial charge on any atom is 0.225 e. The van der Waals surface area contributed by atoms with E-state index in [2.05, 4.69) is 71.5 Å². The first-order valence-electron chi connectivity index (χ1n) is 9.59. The molecule has 0 bridgehead atoms. The predicted molar refractivity (Wildman–Crippen MR) is 111 cm³/mol. The van der Waals surface area contributed by atoms with Crippen LogP contribution in [0.5, 0.6) is 0 Å². The lowest BCUT2D eigenvalue weighted by molar-refractivity contribution is 0.762. The Hall–Kier alpha value is -2.46. The average molecular weight is 348 g/mol. The molecule has 1 saturated heterocycles. The van der Waals surface area contributed by atoms with Gasteiger partial charge in [0.25, 0.3) is 0 Å². The van der Waals surface area contributed by atoms with Crippen molar-refractivity contribution < 1.29 is 0 Å². The zero-order chi connectivity index (χ0) is 18.2. The van der Waals surface area contributed by atoms with Crippen molar-refractivity contribution in [3.8, 4) is 11.3 Å². The lowest BCUT2D eigenvalue weighted by atomic mass is 10.1. The molecule has 1 aliphatic heterocycles. The van der Waals surface area contributed by atoms with E-state index in [1.165, 1.54) is 23.6 Å². The van der Waals surface area contributed by atoms with E-state index in [1.54, 1.807) is 0 Å². The quantitative estimate of drug-likeness (QED) is 0.753. The van der Waals surface area contributed by atoms with Gasteiger partial charge in [0, 0.05) is 24.8 Å². The highest BCUT2D eigenvalue weighted by molar-refractivity contribution is 5.86. The van der Waals surface area contributed by atoms with E-state index in [0.717, 1.165) is 43.4 Å². The SMILES string of the molecule is CCNCC.c1ccc2cc(-c3ccnc(N4CCCC4)n3)ccc2c1. The third kappa shape index (κ3) is 4.58. The summed E-state index contributed by atoms with van der Waals surface area (Å²) in [7, 11) is 0. The Morgan fingerprint density at radius 3 is 2.35 bits per heavy atom. The first kappa shape index (κ1) is 18.3. The summed E-state index contributed by atoms with van der Waals surface area (Å²) in [5, 5.41) is 5.62. The highest BCUT2D eigenvalue weighted by Crippen LogP contribution is 2.24. The van der Waals surface area contributed by atoms with Crippen LogP contribution >= 0.6 is 0 Å². The van der Waals surface area contributed by atoms with Crippen LogP contribution < -0.4 is 10.2 Å². The molecule has 0 spiro atoms. The number of anilines is 1. The van der Waals surface area contributed by atoms with Gasteiger partial charge in [0.05, 0.1) is 5.69 Å². The number of hydrogen-bond donors (Lipinski definition) is 1. The molecule has 0 atom stereocenters. The molecule has 0 aliphatic carbocycles. The van der Waals surface area contributed by atoms with Gasteiger partial charge in [0.1, 0.15) is 0 Å². The van der Waals surface area contributed by atoms with Crippen molar-refractivity contribution >= 4 is 16.7 Å². The minimum absolute atomic E-state index is 0.859. The van der Waals surface area contributed by atoms with Crippen LogP contribution in [0.3, 0.4) is 0 Å². The second kappa shape index (κ2) is 9.30. The molecule has 3 aromatic rings. The zero-order valence-electron chi connectivity index (χ0n) is 15.8. The van der Waals surface area contributed by atoms with Crippen molar-refractivity contribution in [2.24, 2.45) is 0 Å². The van der Waals surface area contributed by atoms with Crippen molar-refractivity contribution in [1.82, 2.24) is 15.3 Å². The summed E-state index contributed by atoms with van der Waals surface area (Å²) in [6, 6.07) is 16.9. The molecule has 0 saturated carbocycles. The van der Waals surface area contributed by atoms with Gasteiger partial charge in [-0.1, -0.05) is 50.2 Å². The van der Waals surface area contributed by atoms with E-state index in [4.69, 9.17) is 4.98 Å². The van der Waals surface area contributed by atoms with Crippen molar-refractivity contribution in [3.63, 3.8) is 0 Å². The Labute approximate surface area is 156 Å². The van der Waals surface area contributed by atoms with Crippen molar-refractivity contribution in [2.75, 3.05) is 31.1 Å². The Bertz CT molecular complexity index is 823. The van der Waals surface area contributed by atoms with Crippen LogP contribution in [-0.2, 0) is 0 Å². The monoisotopic (exact) mass is 348 g/mol. The van der Waals surface area contributed by atoms with Gasteiger partial charge >= 0.3 is 0 Å². The van der Waals surface area contributed by atoms with Crippen LogP contribution in [0.2, 0.25) is 0 Å². The van der Waals surface area contributed by atoms with Gasteiger partial charge in [-0.3, -0.25) is 0 Å². The van der Waals surface area contributed by atoms with E-state index < -0.39 is 0 Å². The maximum absolute atomic E-state index is 4.75. The molecule has 2 aromatic carbocycles.